The largest absolute Gasteiger partial charge is 0.476 e. The van der Waals surface area contributed by atoms with Crippen molar-refractivity contribution < 1.29 is 14.4 Å². The van der Waals surface area contributed by atoms with Crippen LogP contribution in [0.25, 0.3) is 0 Å². The molecule has 0 aliphatic heterocycles. The maximum atomic E-state index is 10.8. The summed E-state index contributed by atoms with van der Waals surface area (Å²) < 4.78 is 4.70. The Kier molecular flexibility index (Phi) is 2.35. The minimum atomic E-state index is -1.02. The topological polar surface area (TPSA) is 63.3 Å². The van der Waals surface area contributed by atoms with E-state index >= 15 is 0 Å². The van der Waals surface area contributed by atoms with E-state index in [1.807, 2.05) is 6.08 Å². The van der Waals surface area contributed by atoms with Gasteiger partial charge in [0.25, 0.3) is 0 Å². The van der Waals surface area contributed by atoms with Crippen LogP contribution in [0.5, 0.6) is 0 Å². The third-order valence-corrected chi connectivity index (χ3v) is 2.45. The lowest BCUT2D eigenvalue weighted by Crippen LogP contribution is -2.06. The van der Waals surface area contributed by atoms with Crippen molar-refractivity contribution >= 4 is 5.97 Å². The summed E-state index contributed by atoms with van der Waals surface area (Å²) in [4.78, 5) is 10.8. The summed E-state index contributed by atoms with van der Waals surface area (Å²) in [7, 11) is 0. The number of carbonyl (C=O) groups is 1. The van der Waals surface area contributed by atoms with Crippen molar-refractivity contribution in [1.82, 2.24) is 5.16 Å². The molecule has 0 spiro atoms. The van der Waals surface area contributed by atoms with Crippen LogP contribution in [0.3, 0.4) is 0 Å². The molecule has 1 heterocycles. The van der Waals surface area contributed by atoms with E-state index in [1.165, 1.54) is 6.26 Å². The van der Waals surface area contributed by atoms with Crippen LogP contribution >= 0.6 is 0 Å². The molecule has 1 aliphatic rings. The van der Waals surface area contributed by atoms with Crippen LogP contribution < -0.4 is 0 Å². The summed E-state index contributed by atoms with van der Waals surface area (Å²) in [5.41, 5.74) is 0.731. The van der Waals surface area contributed by atoms with Gasteiger partial charge in [0, 0.05) is 11.5 Å². The molecule has 1 aromatic rings. The van der Waals surface area contributed by atoms with Gasteiger partial charge in [-0.05, 0) is 19.3 Å². The number of hydrogen-bond acceptors (Lipinski definition) is 3. The highest BCUT2D eigenvalue weighted by atomic mass is 16.5. The monoisotopic (exact) mass is 193 g/mol. The first-order chi connectivity index (χ1) is 6.79. The fourth-order valence-electron chi connectivity index (χ4n) is 1.74. The maximum absolute atomic E-state index is 10.8. The van der Waals surface area contributed by atoms with Crippen LogP contribution in [0.2, 0.25) is 0 Å². The first-order valence-electron chi connectivity index (χ1n) is 4.63. The number of nitrogens with zero attached hydrogens (tertiary/aromatic N) is 1. The molecule has 1 N–H and O–H groups in total. The Bertz CT molecular complexity index is 367. The Labute approximate surface area is 81.2 Å². The molecule has 1 aromatic heterocycles. The van der Waals surface area contributed by atoms with E-state index in [-0.39, 0.29) is 11.6 Å². The summed E-state index contributed by atoms with van der Waals surface area (Å²) in [5, 5.41) is 12.3. The Hall–Kier alpha value is -1.58. The van der Waals surface area contributed by atoms with Crippen LogP contribution in [0.1, 0.15) is 41.2 Å². The molecule has 4 heteroatoms. The van der Waals surface area contributed by atoms with Gasteiger partial charge in [0.15, 0.2) is 5.69 Å². The van der Waals surface area contributed by atoms with Gasteiger partial charge >= 0.3 is 5.97 Å². The van der Waals surface area contributed by atoms with Crippen molar-refractivity contribution in [2.45, 2.75) is 25.2 Å². The predicted molar refractivity (Wildman–Crippen MR) is 49.2 cm³/mol. The van der Waals surface area contributed by atoms with E-state index in [2.05, 4.69) is 11.2 Å². The Morgan fingerprint density at radius 2 is 2.50 bits per heavy atom. The zero-order valence-corrected chi connectivity index (χ0v) is 7.64. The number of rotatable bonds is 2. The summed E-state index contributed by atoms with van der Waals surface area (Å²) in [5.74, 6) is -0.867. The first kappa shape index (κ1) is 8.99. The van der Waals surface area contributed by atoms with E-state index in [1.54, 1.807) is 0 Å². The molecule has 0 saturated carbocycles. The lowest BCUT2D eigenvalue weighted by atomic mass is 9.90. The van der Waals surface area contributed by atoms with Gasteiger partial charge in [0.2, 0.25) is 0 Å². The number of hydrogen-bond donors (Lipinski definition) is 1. The normalized spacial score (nSPS) is 21.0. The summed E-state index contributed by atoms with van der Waals surface area (Å²) in [6, 6.07) is 0. The lowest BCUT2D eigenvalue weighted by molar-refractivity contribution is 0.0684. The van der Waals surface area contributed by atoms with Crippen LogP contribution in [0, 0.1) is 0 Å². The number of carboxylic acid groups (broad SMARTS) is 1. The van der Waals surface area contributed by atoms with Crippen LogP contribution in [-0.2, 0) is 0 Å². The molecular weight excluding hydrogens is 182 g/mol. The van der Waals surface area contributed by atoms with Gasteiger partial charge in [-0.2, -0.15) is 0 Å². The van der Waals surface area contributed by atoms with Crippen molar-refractivity contribution in [1.29, 1.82) is 0 Å². The highest BCUT2D eigenvalue weighted by molar-refractivity contribution is 5.87. The van der Waals surface area contributed by atoms with Crippen molar-refractivity contribution in [3.05, 3.63) is 29.7 Å². The van der Waals surface area contributed by atoms with Crippen molar-refractivity contribution in [2.75, 3.05) is 0 Å². The molecule has 1 unspecified atom stereocenters. The number of aromatic nitrogens is 1. The highest BCUT2D eigenvalue weighted by Gasteiger charge is 2.22. The zero-order valence-electron chi connectivity index (χ0n) is 7.64. The van der Waals surface area contributed by atoms with Crippen LogP contribution in [-0.4, -0.2) is 16.2 Å². The van der Waals surface area contributed by atoms with Gasteiger partial charge < -0.3 is 9.63 Å². The molecule has 0 bridgehead atoms. The summed E-state index contributed by atoms with van der Waals surface area (Å²) in [6.45, 7) is 0. The summed E-state index contributed by atoms with van der Waals surface area (Å²) in [6.07, 6.45) is 8.67. The molecule has 2 rings (SSSR count). The van der Waals surface area contributed by atoms with Gasteiger partial charge in [-0.15, -0.1) is 0 Å². The van der Waals surface area contributed by atoms with Crippen molar-refractivity contribution in [3.8, 4) is 0 Å². The van der Waals surface area contributed by atoms with Gasteiger partial charge in [-0.3, -0.25) is 0 Å². The van der Waals surface area contributed by atoms with E-state index in [0.717, 1.165) is 19.3 Å². The van der Waals surface area contributed by atoms with E-state index in [4.69, 9.17) is 9.63 Å². The molecule has 74 valence electrons. The number of carboxylic acids is 1. The Balaban J connectivity index is 2.30. The van der Waals surface area contributed by atoms with Gasteiger partial charge in [-0.25, -0.2) is 4.79 Å². The molecule has 0 saturated heterocycles. The average molecular weight is 193 g/mol. The third kappa shape index (κ3) is 1.55. The van der Waals surface area contributed by atoms with Crippen molar-refractivity contribution in [2.24, 2.45) is 0 Å². The van der Waals surface area contributed by atoms with E-state index in [9.17, 15) is 4.79 Å². The molecule has 0 aromatic carbocycles. The number of aromatic carboxylic acids is 1. The molecule has 1 aliphatic carbocycles. The minimum Gasteiger partial charge on any atom is -0.476 e. The second kappa shape index (κ2) is 3.65. The molecule has 0 amide bonds. The second-order valence-electron chi connectivity index (χ2n) is 3.39. The number of allylic oxidation sites excluding steroid dienone is 2. The average Bonchev–Trinajstić information content (AvgIpc) is 2.67. The molecule has 1 atom stereocenters. The van der Waals surface area contributed by atoms with Crippen molar-refractivity contribution in [3.63, 3.8) is 0 Å². The standard InChI is InChI=1S/C10H11NO3/c12-10(13)9-8(6-14-11-9)7-4-2-1-3-5-7/h2,4,6-7H,1,3,5H2,(H,12,13). The lowest BCUT2D eigenvalue weighted by Gasteiger charge is -2.14. The van der Waals surface area contributed by atoms with Gasteiger partial charge in [0.05, 0.1) is 0 Å². The van der Waals surface area contributed by atoms with Gasteiger partial charge in [-0.1, -0.05) is 17.3 Å². The minimum absolute atomic E-state index is 0.0431. The van der Waals surface area contributed by atoms with Crippen LogP contribution in [0.4, 0.5) is 0 Å². The van der Waals surface area contributed by atoms with Crippen LogP contribution in [0.15, 0.2) is 22.9 Å². The molecule has 4 nitrogen and oxygen atoms in total. The Morgan fingerprint density at radius 3 is 3.14 bits per heavy atom. The fourth-order valence-corrected chi connectivity index (χ4v) is 1.74. The molecule has 14 heavy (non-hydrogen) atoms. The SMILES string of the molecule is O=C(O)c1nocc1C1C=CCCC1. The smallest absolute Gasteiger partial charge is 0.358 e. The molecule has 0 fully saturated rings. The molecule has 0 radical (unpaired) electrons. The fraction of sp³-hybridized carbons (Fsp3) is 0.400. The first-order valence-corrected chi connectivity index (χ1v) is 4.63. The summed E-state index contributed by atoms with van der Waals surface area (Å²) >= 11 is 0. The predicted octanol–water partition coefficient (Wildman–Crippen LogP) is 2.20. The van der Waals surface area contributed by atoms with Gasteiger partial charge in [0.1, 0.15) is 6.26 Å². The third-order valence-electron chi connectivity index (χ3n) is 2.45. The maximum Gasteiger partial charge on any atom is 0.358 e. The van der Waals surface area contributed by atoms with E-state index in [0.29, 0.717) is 5.56 Å². The quantitative estimate of drug-likeness (QED) is 0.731. The molecular formula is C10H11NO3. The Morgan fingerprint density at radius 1 is 1.64 bits per heavy atom. The highest BCUT2D eigenvalue weighted by Crippen LogP contribution is 2.29. The zero-order chi connectivity index (χ0) is 9.97. The van der Waals surface area contributed by atoms with E-state index < -0.39 is 5.97 Å². The second-order valence-corrected chi connectivity index (χ2v) is 3.39.